The minimum Gasteiger partial charge on any atom is -0.378 e. The molecule has 0 atom stereocenters. The fourth-order valence-corrected chi connectivity index (χ4v) is 3.57. The molecular weight excluding hydrogens is 328 g/mol. The first kappa shape index (κ1) is 15.3. The highest BCUT2D eigenvalue weighted by Crippen LogP contribution is 2.30. The average molecular weight is 348 g/mol. The van der Waals surface area contributed by atoms with Crippen LogP contribution in [0.25, 0.3) is 27.8 Å². The lowest BCUT2D eigenvalue weighted by atomic mass is 10.1. The Morgan fingerprint density at radius 1 is 1.12 bits per heavy atom. The summed E-state index contributed by atoms with van der Waals surface area (Å²) in [5.41, 5.74) is 6.07. The molecule has 1 aromatic carbocycles. The third-order valence-corrected chi connectivity index (χ3v) is 5.14. The summed E-state index contributed by atoms with van der Waals surface area (Å²) in [4.78, 5) is 12.1. The van der Waals surface area contributed by atoms with E-state index in [9.17, 15) is 0 Å². The first-order valence-corrected chi connectivity index (χ1v) is 8.84. The molecule has 1 N–H and O–H groups in total. The van der Waals surface area contributed by atoms with Gasteiger partial charge >= 0.3 is 0 Å². The summed E-state index contributed by atoms with van der Waals surface area (Å²) in [5.74, 6) is 0.919. The topological polar surface area (TPSA) is 71.3 Å². The number of morpholine rings is 1. The van der Waals surface area contributed by atoms with Crippen LogP contribution in [0.1, 0.15) is 11.4 Å². The standard InChI is InChI=1S/C19H20N6O/c1-12-13(2)25-11-17(14-4-3-5-16-15(14)10-20-23-16)22-18(19(25)21-12)24-6-8-26-9-7-24/h3-5,10-11H,6-9H2,1-2H3,(H,20,23). The van der Waals surface area contributed by atoms with Crippen molar-refractivity contribution < 1.29 is 4.74 Å². The zero-order chi connectivity index (χ0) is 17.7. The number of imidazole rings is 1. The van der Waals surface area contributed by atoms with Gasteiger partial charge in [0, 0.05) is 35.9 Å². The van der Waals surface area contributed by atoms with Crippen molar-refractivity contribution in [3.05, 3.63) is 42.0 Å². The van der Waals surface area contributed by atoms with Crippen LogP contribution in [-0.2, 0) is 4.74 Å². The summed E-state index contributed by atoms with van der Waals surface area (Å²) in [6, 6.07) is 6.15. The molecule has 0 aliphatic carbocycles. The van der Waals surface area contributed by atoms with Crippen LogP contribution in [0.3, 0.4) is 0 Å². The molecule has 0 bridgehead atoms. The highest BCUT2D eigenvalue weighted by Gasteiger charge is 2.21. The van der Waals surface area contributed by atoms with Gasteiger partial charge < -0.3 is 9.64 Å². The Bertz CT molecular complexity index is 1110. The highest BCUT2D eigenvalue weighted by atomic mass is 16.5. The summed E-state index contributed by atoms with van der Waals surface area (Å²) in [7, 11) is 0. The van der Waals surface area contributed by atoms with Gasteiger partial charge in [-0.05, 0) is 19.9 Å². The molecular formula is C19H20N6O. The van der Waals surface area contributed by atoms with Gasteiger partial charge in [-0.3, -0.25) is 9.50 Å². The van der Waals surface area contributed by atoms with Crippen LogP contribution in [0.5, 0.6) is 0 Å². The zero-order valence-electron chi connectivity index (χ0n) is 14.9. The van der Waals surface area contributed by atoms with E-state index in [1.54, 1.807) is 0 Å². The van der Waals surface area contributed by atoms with Crippen LogP contribution in [0, 0.1) is 13.8 Å². The molecule has 7 heteroatoms. The molecule has 0 radical (unpaired) electrons. The van der Waals surface area contributed by atoms with Crippen molar-refractivity contribution in [2.24, 2.45) is 0 Å². The van der Waals surface area contributed by atoms with Gasteiger partial charge in [0.1, 0.15) is 0 Å². The minimum atomic E-state index is 0.716. The van der Waals surface area contributed by atoms with Gasteiger partial charge in [-0.15, -0.1) is 0 Å². The fourth-order valence-electron chi connectivity index (χ4n) is 3.57. The maximum Gasteiger partial charge on any atom is 0.180 e. The molecule has 0 amide bonds. The fraction of sp³-hybridized carbons (Fsp3) is 0.316. The molecule has 1 saturated heterocycles. The summed E-state index contributed by atoms with van der Waals surface area (Å²) in [5, 5.41) is 8.29. The number of benzene rings is 1. The number of fused-ring (bicyclic) bond motifs is 2. The monoisotopic (exact) mass is 348 g/mol. The Labute approximate surface area is 150 Å². The number of H-pyrrole nitrogens is 1. The first-order valence-electron chi connectivity index (χ1n) is 8.84. The largest absolute Gasteiger partial charge is 0.378 e. The highest BCUT2D eigenvalue weighted by molar-refractivity contribution is 5.93. The van der Waals surface area contributed by atoms with Crippen LogP contribution in [0.2, 0.25) is 0 Å². The van der Waals surface area contributed by atoms with E-state index in [4.69, 9.17) is 14.7 Å². The molecule has 0 saturated carbocycles. The molecule has 1 aliphatic heterocycles. The second kappa shape index (κ2) is 5.81. The van der Waals surface area contributed by atoms with Gasteiger partial charge in [-0.25, -0.2) is 9.97 Å². The van der Waals surface area contributed by atoms with Gasteiger partial charge in [0.2, 0.25) is 0 Å². The number of ether oxygens (including phenoxy) is 1. The smallest absolute Gasteiger partial charge is 0.180 e. The van der Waals surface area contributed by atoms with E-state index in [0.717, 1.165) is 58.1 Å². The van der Waals surface area contributed by atoms with Crippen molar-refractivity contribution in [1.29, 1.82) is 0 Å². The maximum atomic E-state index is 5.52. The van der Waals surface area contributed by atoms with Crippen molar-refractivity contribution in [3.63, 3.8) is 0 Å². The maximum absolute atomic E-state index is 5.52. The number of rotatable bonds is 2. The quantitative estimate of drug-likeness (QED) is 0.603. The second-order valence-corrected chi connectivity index (χ2v) is 6.66. The molecule has 26 heavy (non-hydrogen) atoms. The number of aromatic nitrogens is 5. The van der Waals surface area contributed by atoms with Crippen molar-refractivity contribution >= 4 is 22.4 Å². The number of anilines is 1. The van der Waals surface area contributed by atoms with E-state index in [1.807, 2.05) is 25.3 Å². The molecule has 4 heterocycles. The molecule has 5 rings (SSSR count). The Morgan fingerprint density at radius 2 is 1.96 bits per heavy atom. The Morgan fingerprint density at radius 3 is 2.81 bits per heavy atom. The van der Waals surface area contributed by atoms with Gasteiger partial charge in [0.25, 0.3) is 0 Å². The summed E-state index contributed by atoms with van der Waals surface area (Å²) < 4.78 is 7.67. The molecule has 0 spiro atoms. The Hall–Kier alpha value is -2.93. The molecule has 4 aromatic rings. The SMILES string of the molecule is Cc1nc2c(N3CCOCC3)nc(-c3cccc4[nH]ncc34)cn2c1C. The third kappa shape index (κ3) is 2.28. The molecule has 7 nitrogen and oxygen atoms in total. The zero-order valence-corrected chi connectivity index (χ0v) is 14.9. The van der Waals surface area contributed by atoms with E-state index in [0.29, 0.717) is 13.2 Å². The Balaban J connectivity index is 1.78. The predicted molar refractivity (Wildman–Crippen MR) is 101 cm³/mol. The van der Waals surface area contributed by atoms with Crippen LogP contribution >= 0.6 is 0 Å². The van der Waals surface area contributed by atoms with Crippen LogP contribution < -0.4 is 4.90 Å². The van der Waals surface area contributed by atoms with E-state index >= 15 is 0 Å². The Kier molecular flexibility index (Phi) is 3.43. The van der Waals surface area contributed by atoms with Gasteiger partial charge in [0.15, 0.2) is 11.5 Å². The third-order valence-electron chi connectivity index (χ3n) is 5.14. The summed E-state index contributed by atoms with van der Waals surface area (Å²) in [6.07, 6.45) is 3.94. The normalized spacial score (nSPS) is 15.2. The van der Waals surface area contributed by atoms with Crippen LogP contribution in [0.15, 0.2) is 30.6 Å². The second-order valence-electron chi connectivity index (χ2n) is 6.66. The molecule has 1 aliphatic rings. The number of hydrogen-bond acceptors (Lipinski definition) is 5. The molecule has 3 aromatic heterocycles. The van der Waals surface area contributed by atoms with Crippen molar-refractivity contribution in [2.45, 2.75) is 13.8 Å². The number of nitrogens with zero attached hydrogens (tertiary/aromatic N) is 5. The summed E-state index contributed by atoms with van der Waals surface area (Å²) >= 11 is 0. The van der Waals surface area contributed by atoms with E-state index in [-0.39, 0.29) is 0 Å². The lowest BCUT2D eigenvalue weighted by Gasteiger charge is -2.28. The first-order chi connectivity index (χ1) is 12.7. The van der Waals surface area contributed by atoms with Crippen LogP contribution in [0.4, 0.5) is 5.82 Å². The van der Waals surface area contributed by atoms with Crippen molar-refractivity contribution in [2.75, 3.05) is 31.2 Å². The molecule has 0 unspecified atom stereocenters. The number of aromatic amines is 1. The van der Waals surface area contributed by atoms with Gasteiger partial charge in [-0.2, -0.15) is 5.10 Å². The number of hydrogen-bond donors (Lipinski definition) is 1. The minimum absolute atomic E-state index is 0.716. The van der Waals surface area contributed by atoms with E-state index in [1.165, 1.54) is 0 Å². The number of nitrogens with one attached hydrogen (secondary N) is 1. The van der Waals surface area contributed by atoms with Crippen molar-refractivity contribution in [3.8, 4) is 11.3 Å². The van der Waals surface area contributed by atoms with Crippen molar-refractivity contribution in [1.82, 2.24) is 24.6 Å². The lowest BCUT2D eigenvalue weighted by molar-refractivity contribution is 0.122. The molecule has 132 valence electrons. The predicted octanol–water partition coefficient (Wildman–Crippen LogP) is 2.73. The number of aryl methyl sites for hydroxylation is 2. The van der Waals surface area contributed by atoms with E-state index in [2.05, 4.69) is 38.7 Å². The molecule has 1 fully saturated rings. The average Bonchev–Trinajstić information content (AvgIpc) is 3.27. The van der Waals surface area contributed by atoms with E-state index < -0.39 is 0 Å². The van der Waals surface area contributed by atoms with Crippen LogP contribution in [-0.4, -0.2) is 50.9 Å². The lowest BCUT2D eigenvalue weighted by Crippen LogP contribution is -2.37. The van der Waals surface area contributed by atoms with Gasteiger partial charge in [-0.1, -0.05) is 12.1 Å². The van der Waals surface area contributed by atoms with Gasteiger partial charge in [0.05, 0.1) is 36.3 Å². The summed E-state index contributed by atoms with van der Waals surface area (Å²) in [6.45, 7) is 7.23.